The van der Waals surface area contributed by atoms with Crippen molar-refractivity contribution in [3.8, 4) is 11.8 Å². The molecule has 1 aliphatic heterocycles. The number of carbonyl (C=O) groups excluding carboxylic acids is 2. The third-order valence-corrected chi connectivity index (χ3v) is 3.60. The zero-order valence-corrected chi connectivity index (χ0v) is 12.3. The van der Waals surface area contributed by atoms with Gasteiger partial charge in [-0.2, -0.15) is 0 Å². The molecule has 5 nitrogen and oxygen atoms in total. The van der Waals surface area contributed by atoms with Gasteiger partial charge >= 0.3 is 0 Å². The van der Waals surface area contributed by atoms with Gasteiger partial charge < -0.3 is 5.73 Å². The second-order valence-corrected chi connectivity index (χ2v) is 5.50. The summed E-state index contributed by atoms with van der Waals surface area (Å²) in [6, 6.07) is 7.73. The van der Waals surface area contributed by atoms with Crippen molar-refractivity contribution in [1.82, 2.24) is 10.2 Å². The minimum Gasteiger partial charge on any atom is -0.320 e. The summed E-state index contributed by atoms with van der Waals surface area (Å²) in [5, 5.41) is 2.37. The summed E-state index contributed by atoms with van der Waals surface area (Å²) in [4.78, 5) is 25.3. The average molecular weight is 285 g/mol. The van der Waals surface area contributed by atoms with Crippen LogP contribution in [0.2, 0.25) is 0 Å². The fourth-order valence-corrected chi connectivity index (χ4v) is 2.15. The summed E-state index contributed by atoms with van der Waals surface area (Å²) in [5.41, 5.74) is 6.56. The number of benzene rings is 1. The minimum absolute atomic E-state index is 0.216. The van der Waals surface area contributed by atoms with Crippen molar-refractivity contribution in [3.05, 3.63) is 35.4 Å². The Kier molecular flexibility index (Phi) is 4.41. The number of nitrogens with two attached hydrogens (primary N) is 1. The van der Waals surface area contributed by atoms with Crippen molar-refractivity contribution in [2.45, 2.75) is 25.9 Å². The number of rotatable bonds is 2. The highest BCUT2D eigenvalue weighted by atomic mass is 16.2. The van der Waals surface area contributed by atoms with Crippen molar-refractivity contribution in [2.24, 2.45) is 5.73 Å². The minimum atomic E-state index is -0.702. The van der Waals surface area contributed by atoms with Crippen LogP contribution >= 0.6 is 0 Å². The van der Waals surface area contributed by atoms with Gasteiger partial charge in [-0.05, 0) is 31.5 Å². The molecule has 0 radical (unpaired) electrons. The maximum atomic E-state index is 11.9. The zero-order valence-electron chi connectivity index (χ0n) is 12.3. The van der Waals surface area contributed by atoms with E-state index in [1.807, 2.05) is 43.0 Å². The number of amides is 2. The van der Waals surface area contributed by atoms with Gasteiger partial charge in [0, 0.05) is 12.1 Å². The lowest BCUT2D eigenvalue weighted by molar-refractivity contribution is -0.145. The normalized spacial score (nSPS) is 17.9. The van der Waals surface area contributed by atoms with Crippen LogP contribution in [0.15, 0.2) is 24.3 Å². The van der Waals surface area contributed by atoms with Crippen LogP contribution in [-0.2, 0) is 16.1 Å². The fourth-order valence-electron chi connectivity index (χ4n) is 2.15. The highest BCUT2D eigenvalue weighted by molar-refractivity contribution is 6.02. The molecule has 0 spiro atoms. The molecule has 0 bridgehead atoms. The van der Waals surface area contributed by atoms with Gasteiger partial charge in [-0.1, -0.05) is 24.0 Å². The number of nitrogens with zero attached hydrogens (tertiary/aromatic N) is 1. The van der Waals surface area contributed by atoms with E-state index in [0.29, 0.717) is 13.1 Å². The average Bonchev–Trinajstić information content (AvgIpc) is 2.44. The van der Waals surface area contributed by atoms with Crippen LogP contribution in [-0.4, -0.2) is 35.3 Å². The maximum absolute atomic E-state index is 11.9. The molecule has 1 saturated heterocycles. The fraction of sp³-hybridized carbons (Fsp3) is 0.375. The van der Waals surface area contributed by atoms with E-state index in [1.165, 1.54) is 0 Å². The molecule has 0 atom stereocenters. The lowest BCUT2D eigenvalue weighted by Crippen LogP contribution is -2.63. The van der Waals surface area contributed by atoms with Crippen molar-refractivity contribution in [1.29, 1.82) is 0 Å². The Morgan fingerprint density at radius 2 is 1.95 bits per heavy atom. The Morgan fingerprint density at radius 3 is 2.57 bits per heavy atom. The highest BCUT2D eigenvalue weighted by Crippen LogP contribution is 2.21. The SMILES string of the molecule is CC1(C)C(=O)NC(=O)CN1Cc1ccc(C#CCN)cc1. The second-order valence-electron chi connectivity index (χ2n) is 5.50. The Labute approximate surface area is 124 Å². The van der Waals surface area contributed by atoms with Crippen molar-refractivity contribution >= 4 is 11.8 Å². The molecule has 110 valence electrons. The van der Waals surface area contributed by atoms with Gasteiger partial charge in [0.25, 0.3) is 0 Å². The van der Waals surface area contributed by atoms with E-state index in [4.69, 9.17) is 5.73 Å². The van der Waals surface area contributed by atoms with Gasteiger partial charge in [0.15, 0.2) is 0 Å². The molecule has 3 N–H and O–H groups in total. The van der Waals surface area contributed by atoms with Crippen LogP contribution in [0.5, 0.6) is 0 Å². The van der Waals surface area contributed by atoms with Crippen LogP contribution in [0.1, 0.15) is 25.0 Å². The van der Waals surface area contributed by atoms with Crippen LogP contribution in [0.4, 0.5) is 0 Å². The summed E-state index contributed by atoms with van der Waals surface area (Å²) in [5.74, 6) is 5.24. The van der Waals surface area contributed by atoms with E-state index in [0.717, 1.165) is 11.1 Å². The van der Waals surface area contributed by atoms with E-state index in [-0.39, 0.29) is 18.4 Å². The topological polar surface area (TPSA) is 75.4 Å². The quantitative estimate of drug-likeness (QED) is 0.603. The van der Waals surface area contributed by atoms with Gasteiger partial charge in [-0.25, -0.2) is 0 Å². The van der Waals surface area contributed by atoms with Crippen molar-refractivity contribution < 1.29 is 9.59 Å². The van der Waals surface area contributed by atoms with Gasteiger partial charge in [0.05, 0.1) is 18.6 Å². The molecule has 1 fully saturated rings. The number of piperazine rings is 1. The van der Waals surface area contributed by atoms with E-state index < -0.39 is 5.54 Å². The second kappa shape index (κ2) is 6.08. The summed E-state index contributed by atoms with van der Waals surface area (Å²) >= 11 is 0. The Bertz CT molecular complexity index is 609. The number of hydrogen-bond acceptors (Lipinski definition) is 4. The standard InChI is InChI=1S/C16H19N3O2/c1-16(2)15(21)18-14(20)11-19(16)10-13-7-5-12(6-8-13)4-3-9-17/h5-8H,9-11,17H2,1-2H3,(H,18,20,21). The monoisotopic (exact) mass is 285 g/mol. The lowest BCUT2D eigenvalue weighted by Gasteiger charge is -2.40. The maximum Gasteiger partial charge on any atom is 0.246 e. The molecule has 1 aromatic rings. The highest BCUT2D eigenvalue weighted by Gasteiger charge is 2.40. The first kappa shape index (κ1) is 15.2. The summed E-state index contributed by atoms with van der Waals surface area (Å²) in [6.45, 7) is 4.72. The van der Waals surface area contributed by atoms with Gasteiger partial charge in [0.2, 0.25) is 11.8 Å². The molecule has 2 amide bonds. The van der Waals surface area contributed by atoms with E-state index in [2.05, 4.69) is 17.2 Å². The van der Waals surface area contributed by atoms with Crippen molar-refractivity contribution in [2.75, 3.05) is 13.1 Å². The molecule has 21 heavy (non-hydrogen) atoms. The zero-order chi connectivity index (χ0) is 15.5. The summed E-state index contributed by atoms with van der Waals surface area (Å²) in [6.07, 6.45) is 0. The van der Waals surface area contributed by atoms with Crippen molar-refractivity contribution in [3.63, 3.8) is 0 Å². The molecule has 0 saturated carbocycles. The van der Waals surface area contributed by atoms with Crippen LogP contribution < -0.4 is 11.1 Å². The number of nitrogens with one attached hydrogen (secondary N) is 1. The first-order valence-electron chi connectivity index (χ1n) is 6.80. The lowest BCUT2D eigenvalue weighted by atomic mass is 9.97. The van der Waals surface area contributed by atoms with Gasteiger partial charge in [-0.15, -0.1) is 0 Å². The third kappa shape index (κ3) is 3.48. The Hall–Kier alpha value is -2.16. The molecule has 0 aromatic heterocycles. The first-order valence-corrected chi connectivity index (χ1v) is 6.80. The molecule has 0 aliphatic carbocycles. The largest absolute Gasteiger partial charge is 0.320 e. The van der Waals surface area contributed by atoms with Gasteiger partial charge in [0.1, 0.15) is 0 Å². The van der Waals surface area contributed by atoms with E-state index in [1.54, 1.807) is 0 Å². The molecule has 0 unspecified atom stereocenters. The molecule has 1 aliphatic rings. The van der Waals surface area contributed by atoms with Crippen LogP contribution in [0.3, 0.4) is 0 Å². The first-order chi connectivity index (χ1) is 9.93. The van der Waals surface area contributed by atoms with E-state index in [9.17, 15) is 9.59 Å². The summed E-state index contributed by atoms with van der Waals surface area (Å²) in [7, 11) is 0. The Morgan fingerprint density at radius 1 is 1.29 bits per heavy atom. The molecule has 1 heterocycles. The molecule has 1 aromatic carbocycles. The molecule has 5 heteroatoms. The predicted molar refractivity (Wildman–Crippen MR) is 80.0 cm³/mol. The van der Waals surface area contributed by atoms with E-state index >= 15 is 0 Å². The number of imide groups is 1. The number of hydrogen-bond donors (Lipinski definition) is 2. The van der Waals surface area contributed by atoms with Crippen LogP contribution in [0.25, 0.3) is 0 Å². The molecule has 2 rings (SSSR count). The third-order valence-electron chi connectivity index (χ3n) is 3.60. The number of carbonyl (C=O) groups is 2. The molecular weight excluding hydrogens is 266 g/mol. The summed E-state index contributed by atoms with van der Waals surface area (Å²) < 4.78 is 0. The van der Waals surface area contributed by atoms with Crippen LogP contribution in [0, 0.1) is 11.8 Å². The smallest absolute Gasteiger partial charge is 0.246 e. The molecular formula is C16H19N3O2. The predicted octanol–water partition coefficient (Wildman–Crippen LogP) is 0.234. The van der Waals surface area contributed by atoms with Gasteiger partial charge in [-0.3, -0.25) is 19.8 Å². The Balaban J connectivity index is 2.13.